The average molecular weight is 193 g/mol. The maximum absolute atomic E-state index is 10.9. The van der Waals surface area contributed by atoms with Crippen molar-refractivity contribution < 1.29 is 12.6 Å². The van der Waals surface area contributed by atoms with E-state index in [9.17, 15) is 8.42 Å². The summed E-state index contributed by atoms with van der Waals surface area (Å²) in [5.74, 6) is 0.458. The Kier molecular flexibility index (Phi) is 2.47. The van der Waals surface area contributed by atoms with Gasteiger partial charge in [-0.2, -0.15) is 13.1 Å². The fourth-order valence-electron chi connectivity index (χ4n) is 1.57. The van der Waals surface area contributed by atoms with Crippen LogP contribution < -0.4 is 4.72 Å². The molecule has 4 nitrogen and oxygen atoms in total. The van der Waals surface area contributed by atoms with Gasteiger partial charge in [-0.05, 0) is 19.3 Å². The molecule has 0 unspecified atom stereocenters. The highest BCUT2D eigenvalue weighted by molar-refractivity contribution is 7.85. The molecular weight excluding hydrogens is 178 g/mol. The number of nitrogens with one attached hydrogen (secondary N) is 1. The van der Waals surface area contributed by atoms with E-state index in [1.54, 1.807) is 0 Å². The average Bonchev–Trinajstić information content (AvgIpc) is 2.03. The molecule has 72 valence electrons. The normalized spacial score (nSPS) is 34.3. The summed E-state index contributed by atoms with van der Waals surface area (Å²) < 4.78 is 28.9. The van der Waals surface area contributed by atoms with Gasteiger partial charge in [0.2, 0.25) is 0 Å². The van der Waals surface area contributed by atoms with Crippen LogP contribution in [-0.4, -0.2) is 20.6 Å². The second-order valence-corrected chi connectivity index (χ2v) is 5.33. The Bertz CT molecular complexity index is 260. The molecule has 1 saturated heterocycles. The summed E-state index contributed by atoms with van der Waals surface area (Å²) in [6, 6.07) is 0. The van der Waals surface area contributed by atoms with E-state index in [-0.39, 0.29) is 6.61 Å². The Morgan fingerprint density at radius 1 is 1.58 bits per heavy atom. The minimum atomic E-state index is -3.45. The van der Waals surface area contributed by atoms with Crippen LogP contribution >= 0.6 is 0 Å². The molecule has 0 aromatic rings. The van der Waals surface area contributed by atoms with Crippen LogP contribution in [0.15, 0.2) is 0 Å². The minimum absolute atomic E-state index is 0.244. The summed E-state index contributed by atoms with van der Waals surface area (Å²) in [5, 5.41) is 0. The highest BCUT2D eigenvalue weighted by atomic mass is 32.2. The highest BCUT2D eigenvalue weighted by Gasteiger charge is 2.38. The largest absolute Gasteiger partial charge is 0.336 e. The molecule has 1 aliphatic rings. The van der Waals surface area contributed by atoms with Crippen molar-refractivity contribution in [3.63, 3.8) is 0 Å². The van der Waals surface area contributed by atoms with Crippen molar-refractivity contribution in [1.29, 1.82) is 0 Å². The zero-order valence-electron chi connectivity index (χ0n) is 7.62. The lowest BCUT2D eigenvalue weighted by atomic mass is 9.93. The van der Waals surface area contributed by atoms with E-state index in [1.165, 1.54) is 0 Å². The highest BCUT2D eigenvalue weighted by Crippen LogP contribution is 2.23. The molecule has 1 fully saturated rings. The van der Waals surface area contributed by atoms with Gasteiger partial charge in [0.05, 0.1) is 12.1 Å². The predicted molar refractivity (Wildman–Crippen MR) is 45.9 cm³/mol. The van der Waals surface area contributed by atoms with Gasteiger partial charge in [-0.1, -0.05) is 13.8 Å². The molecule has 1 N–H and O–H groups in total. The molecule has 12 heavy (non-hydrogen) atoms. The van der Waals surface area contributed by atoms with Crippen LogP contribution in [0.25, 0.3) is 0 Å². The Balaban J connectivity index is 2.65. The second-order valence-electron chi connectivity index (χ2n) is 3.98. The van der Waals surface area contributed by atoms with Crippen molar-refractivity contribution in [3.05, 3.63) is 0 Å². The zero-order valence-corrected chi connectivity index (χ0v) is 8.44. The first-order valence-corrected chi connectivity index (χ1v) is 5.42. The van der Waals surface area contributed by atoms with Crippen molar-refractivity contribution >= 4 is 10.3 Å². The molecule has 1 rings (SSSR count). The van der Waals surface area contributed by atoms with Crippen LogP contribution in [0, 0.1) is 5.92 Å². The summed E-state index contributed by atoms with van der Waals surface area (Å²) in [6.07, 6.45) is 0.798. The molecule has 0 amide bonds. The molecule has 0 aliphatic carbocycles. The van der Waals surface area contributed by atoms with Gasteiger partial charge in [0.25, 0.3) is 0 Å². The van der Waals surface area contributed by atoms with E-state index in [0.29, 0.717) is 5.92 Å². The third kappa shape index (κ3) is 2.43. The van der Waals surface area contributed by atoms with Crippen LogP contribution in [0.2, 0.25) is 0 Å². The van der Waals surface area contributed by atoms with E-state index in [0.717, 1.165) is 6.42 Å². The quantitative estimate of drug-likeness (QED) is 0.700. The summed E-state index contributed by atoms with van der Waals surface area (Å²) in [5.41, 5.74) is -0.410. The van der Waals surface area contributed by atoms with Gasteiger partial charge in [-0.25, -0.2) is 0 Å². The third-order valence-corrected chi connectivity index (χ3v) is 2.93. The monoisotopic (exact) mass is 193 g/mol. The first-order chi connectivity index (χ1) is 5.33. The SMILES string of the molecule is CC(C)C[C@@]1(C)COS(=O)(=O)N1. The van der Waals surface area contributed by atoms with Gasteiger partial charge in [0.15, 0.2) is 0 Å². The predicted octanol–water partition coefficient (Wildman–Crippen LogP) is 0.656. The molecule has 0 spiro atoms. The maximum Gasteiger partial charge on any atom is 0.336 e. The van der Waals surface area contributed by atoms with Gasteiger partial charge in [0, 0.05) is 0 Å². The number of hydrogen-bond donors (Lipinski definition) is 1. The van der Waals surface area contributed by atoms with Crippen molar-refractivity contribution in [2.75, 3.05) is 6.61 Å². The van der Waals surface area contributed by atoms with Crippen molar-refractivity contribution in [1.82, 2.24) is 4.72 Å². The molecule has 5 heteroatoms. The molecular formula is C7H15NO3S. The second kappa shape index (κ2) is 2.97. The molecule has 1 heterocycles. The molecule has 0 bridgehead atoms. The first-order valence-electron chi connectivity index (χ1n) is 4.01. The number of rotatable bonds is 2. The van der Waals surface area contributed by atoms with Crippen LogP contribution in [0.3, 0.4) is 0 Å². The Hall–Kier alpha value is -0.130. The molecule has 0 aromatic carbocycles. The van der Waals surface area contributed by atoms with Gasteiger partial charge in [-0.3, -0.25) is 4.18 Å². The lowest BCUT2D eigenvalue weighted by Crippen LogP contribution is -2.41. The van der Waals surface area contributed by atoms with Gasteiger partial charge >= 0.3 is 10.3 Å². The van der Waals surface area contributed by atoms with Gasteiger partial charge in [0.1, 0.15) is 0 Å². The molecule has 0 aromatic heterocycles. The fraction of sp³-hybridized carbons (Fsp3) is 1.00. The summed E-state index contributed by atoms with van der Waals surface area (Å²) >= 11 is 0. The van der Waals surface area contributed by atoms with Crippen LogP contribution in [0.1, 0.15) is 27.2 Å². The summed E-state index contributed by atoms with van der Waals surface area (Å²) in [4.78, 5) is 0. The van der Waals surface area contributed by atoms with E-state index in [4.69, 9.17) is 0 Å². The van der Waals surface area contributed by atoms with E-state index in [1.807, 2.05) is 6.92 Å². The van der Waals surface area contributed by atoms with Crippen molar-refractivity contribution in [3.8, 4) is 0 Å². The molecule has 1 atom stereocenters. The van der Waals surface area contributed by atoms with Crippen molar-refractivity contribution in [2.24, 2.45) is 5.92 Å². The smallest absolute Gasteiger partial charge is 0.256 e. The summed E-state index contributed by atoms with van der Waals surface area (Å²) in [7, 11) is -3.45. The molecule has 0 saturated carbocycles. The Morgan fingerprint density at radius 2 is 2.17 bits per heavy atom. The fourth-order valence-corrected chi connectivity index (χ4v) is 2.79. The van der Waals surface area contributed by atoms with Gasteiger partial charge < -0.3 is 0 Å². The third-order valence-electron chi connectivity index (χ3n) is 1.76. The Labute approximate surface area is 73.6 Å². The standard InChI is InChI=1S/C7H15NO3S/c1-6(2)4-7(3)5-11-12(9,10)8-7/h6,8H,4-5H2,1-3H3/t7-/m0/s1. The molecule has 1 aliphatic heterocycles. The van der Waals surface area contributed by atoms with E-state index in [2.05, 4.69) is 22.8 Å². The zero-order chi connectivity index (χ0) is 9.41. The first kappa shape index (κ1) is 9.95. The van der Waals surface area contributed by atoms with Crippen molar-refractivity contribution in [2.45, 2.75) is 32.7 Å². The lowest BCUT2D eigenvalue weighted by molar-refractivity contribution is 0.253. The van der Waals surface area contributed by atoms with Gasteiger partial charge in [-0.15, -0.1) is 0 Å². The Morgan fingerprint density at radius 3 is 2.50 bits per heavy atom. The van der Waals surface area contributed by atoms with E-state index >= 15 is 0 Å². The van der Waals surface area contributed by atoms with Crippen LogP contribution in [0.5, 0.6) is 0 Å². The number of hydrogen-bond acceptors (Lipinski definition) is 3. The lowest BCUT2D eigenvalue weighted by Gasteiger charge is -2.22. The van der Waals surface area contributed by atoms with Crippen LogP contribution in [0.4, 0.5) is 0 Å². The summed E-state index contributed by atoms with van der Waals surface area (Å²) in [6.45, 7) is 6.21. The topological polar surface area (TPSA) is 55.4 Å². The molecule has 0 radical (unpaired) electrons. The maximum atomic E-state index is 10.9. The minimum Gasteiger partial charge on any atom is -0.256 e. The van der Waals surface area contributed by atoms with Crippen LogP contribution in [-0.2, 0) is 14.5 Å². The van der Waals surface area contributed by atoms with E-state index < -0.39 is 15.8 Å².